The average Bonchev–Trinajstić information content (AvgIpc) is 2.93. The Balaban J connectivity index is 1.99. The first-order valence-corrected chi connectivity index (χ1v) is 6.41. The number of nitrogens with zero attached hydrogens (tertiary/aromatic N) is 4. The van der Waals surface area contributed by atoms with E-state index >= 15 is 0 Å². The van der Waals surface area contributed by atoms with E-state index in [9.17, 15) is 13.2 Å². The van der Waals surface area contributed by atoms with Gasteiger partial charge in [0.2, 0.25) is 0 Å². The first kappa shape index (κ1) is 13.9. The molecule has 1 N–H and O–H groups in total. The van der Waals surface area contributed by atoms with Crippen LogP contribution in [0.3, 0.4) is 0 Å². The standard InChI is InChI=1S/C13H13F3N4O/c14-13(15,16)10-5-9(7-21)1-2-11(10)19-3-4-20-8-17-18-12(20)6-19/h1-2,5,8,21H,3-4,6-7H2. The van der Waals surface area contributed by atoms with Crippen molar-refractivity contribution in [1.29, 1.82) is 0 Å². The lowest BCUT2D eigenvalue weighted by atomic mass is 10.1. The van der Waals surface area contributed by atoms with Crippen LogP contribution in [-0.4, -0.2) is 26.4 Å². The van der Waals surface area contributed by atoms with Crippen LogP contribution in [-0.2, 0) is 25.9 Å². The summed E-state index contributed by atoms with van der Waals surface area (Å²) in [6, 6.07) is 3.90. The molecule has 112 valence electrons. The molecule has 0 saturated heterocycles. The lowest BCUT2D eigenvalue weighted by Crippen LogP contribution is -2.35. The van der Waals surface area contributed by atoms with Gasteiger partial charge < -0.3 is 14.6 Å². The monoisotopic (exact) mass is 298 g/mol. The third-order valence-corrected chi connectivity index (χ3v) is 3.53. The Morgan fingerprint density at radius 2 is 2.05 bits per heavy atom. The van der Waals surface area contributed by atoms with Crippen molar-refractivity contribution in [3.8, 4) is 0 Å². The summed E-state index contributed by atoms with van der Waals surface area (Å²) in [6.45, 7) is 0.854. The van der Waals surface area contributed by atoms with Gasteiger partial charge in [-0.3, -0.25) is 0 Å². The second-order valence-corrected chi connectivity index (χ2v) is 4.87. The van der Waals surface area contributed by atoms with Crippen LogP contribution in [0.1, 0.15) is 17.0 Å². The zero-order valence-corrected chi connectivity index (χ0v) is 11.0. The summed E-state index contributed by atoms with van der Waals surface area (Å²) in [5, 5.41) is 16.7. The fraction of sp³-hybridized carbons (Fsp3) is 0.385. The maximum atomic E-state index is 13.2. The fourth-order valence-electron chi connectivity index (χ4n) is 2.46. The summed E-state index contributed by atoms with van der Waals surface area (Å²) in [7, 11) is 0. The normalized spacial score (nSPS) is 15.1. The molecule has 2 aromatic rings. The van der Waals surface area contributed by atoms with E-state index in [0.29, 0.717) is 18.9 Å². The van der Waals surface area contributed by atoms with Crippen molar-refractivity contribution in [3.05, 3.63) is 41.5 Å². The number of aliphatic hydroxyl groups is 1. The zero-order valence-electron chi connectivity index (χ0n) is 11.0. The third kappa shape index (κ3) is 2.58. The number of benzene rings is 1. The largest absolute Gasteiger partial charge is 0.418 e. The summed E-state index contributed by atoms with van der Waals surface area (Å²) < 4.78 is 41.5. The second-order valence-electron chi connectivity index (χ2n) is 4.87. The molecule has 0 radical (unpaired) electrons. The number of rotatable bonds is 2. The molecule has 1 aromatic carbocycles. The summed E-state index contributed by atoms with van der Waals surface area (Å²) in [6.07, 6.45) is -2.89. The van der Waals surface area contributed by atoms with Gasteiger partial charge >= 0.3 is 6.18 Å². The molecule has 8 heteroatoms. The van der Waals surface area contributed by atoms with E-state index in [0.717, 1.165) is 6.07 Å². The molecule has 0 amide bonds. The van der Waals surface area contributed by atoms with Crippen LogP contribution in [0.2, 0.25) is 0 Å². The van der Waals surface area contributed by atoms with Gasteiger partial charge in [-0.05, 0) is 17.7 Å². The fourth-order valence-corrected chi connectivity index (χ4v) is 2.46. The molecule has 0 unspecified atom stereocenters. The summed E-state index contributed by atoms with van der Waals surface area (Å²) in [4.78, 5) is 1.63. The van der Waals surface area contributed by atoms with E-state index in [1.54, 1.807) is 11.2 Å². The number of alkyl halides is 3. The number of anilines is 1. The molecule has 0 atom stereocenters. The number of fused-ring (bicyclic) bond motifs is 1. The Bertz CT molecular complexity index is 653. The predicted molar refractivity (Wildman–Crippen MR) is 68.4 cm³/mol. The summed E-state index contributed by atoms with van der Waals surface area (Å²) >= 11 is 0. The first-order valence-electron chi connectivity index (χ1n) is 6.41. The highest BCUT2D eigenvalue weighted by molar-refractivity contribution is 5.56. The average molecular weight is 298 g/mol. The van der Waals surface area contributed by atoms with Crippen molar-refractivity contribution in [1.82, 2.24) is 14.8 Å². The van der Waals surface area contributed by atoms with E-state index in [1.807, 2.05) is 4.57 Å². The maximum absolute atomic E-state index is 13.2. The van der Waals surface area contributed by atoms with Crippen LogP contribution in [0.15, 0.2) is 24.5 Å². The highest BCUT2D eigenvalue weighted by Gasteiger charge is 2.36. The molecular formula is C13H13F3N4O. The van der Waals surface area contributed by atoms with Crippen LogP contribution in [0.4, 0.5) is 18.9 Å². The van der Waals surface area contributed by atoms with Crippen molar-refractivity contribution >= 4 is 5.69 Å². The highest BCUT2D eigenvalue weighted by Crippen LogP contribution is 2.38. The summed E-state index contributed by atoms with van der Waals surface area (Å²) in [5.41, 5.74) is -0.387. The predicted octanol–water partition coefficient (Wildman–Crippen LogP) is 1.81. The van der Waals surface area contributed by atoms with Crippen LogP contribution < -0.4 is 4.90 Å². The van der Waals surface area contributed by atoms with Crippen molar-refractivity contribution in [2.75, 3.05) is 11.4 Å². The smallest absolute Gasteiger partial charge is 0.392 e. The Morgan fingerprint density at radius 1 is 1.24 bits per heavy atom. The zero-order chi connectivity index (χ0) is 15.0. The molecule has 0 aliphatic carbocycles. The number of halogens is 3. The molecule has 0 saturated carbocycles. The van der Waals surface area contributed by atoms with Crippen molar-refractivity contribution in [2.24, 2.45) is 0 Å². The van der Waals surface area contributed by atoms with Crippen LogP contribution in [0, 0.1) is 0 Å². The molecule has 1 aliphatic heterocycles. The minimum absolute atomic E-state index is 0.106. The molecule has 3 rings (SSSR count). The van der Waals surface area contributed by atoms with Gasteiger partial charge in [0.15, 0.2) is 5.82 Å². The maximum Gasteiger partial charge on any atom is 0.418 e. The van der Waals surface area contributed by atoms with Gasteiger partial charge in [-0.1, -0.05) is 6.07 Å². The van der Waals surface area contributed by atoms with Gasteiger partial charge in [0.1, 0.15) is 6.33 Å². The van der Waals surface area contributed by atoms with Gasteiger partial charge in [0.05, 0.1) is 18.7 Å². The van der Waals surface area contributed by atoms with Crippen LogP contribution >= 0.6 is 0 Å². The molecular weight excluding hydrogens is 285 g/mol. The Kier molecular flexibility index (Phi) is 3.32. The molecule has 1 aromatic heterocycles. The van der Waals surface area contributed by atoms with Crippen LogP contribution in [0.25, 0.3) is 0 Å². The highest BCUT2D eigenvalue weighted by atomic mass is 19.4. The van der Waals surface area contributed by atoms with Gasteiger partial charge in [-0.15, -0.1) is 10.2 Å². The molecule has 5 nitrogen and oxygen atoms in total. The first-order chi connectivity index (χ1) is 9.99. The molecule has 21 heavy (non-hydrogen) atoms. The number of hydrogen-bond donors (Lipinski definition) is 1. The van der Waals surface area contributed by atoms with Crippen LogP contribution in [0.5, 0.6) is 0 Å². The molecule has 2 heterocycles. The Labute approximate surface area is 118 Å². The molecule has 0 fully saturated rings. The lowest BCUT2D eigenvalue weighted by Gasteiger charge is -2.31. The van der Waals surface area contributed by atoms with Gasteiger partial charge in [0.25, 0.3) is 0 Å². The topological polar surface area (TPSA) is 54.2 Å². The Morgan fingerprint density at radius 3 is 2.76 bits per heavy atom. The van der Waals surface area contributed by atoms with Gasteiger partial charge in [0, 0.05) is 18.8 Å². The van der Waals surface area contributed by atoms with Gasteiger partial charge in [-0.25, -0.2) is 0 Å². The molecule has 0 bridgehead atoms. The van der Waals surface area contributed by atoms with E-state index in [4.69, 9.17) is 5.11 Å². The van der Waals surface area contributed by atoms with Gasteiger partial charge in [-0.2, -0.15) is 13.2 Å². The SMILES string of the molecule is OCc1ccc(N2CCn3cnnc3C2)c(C(F)(F)F)c1. The third-order valence-electron chi connectivity index (χ3n) is 3.53. The van der Waals surface area contributed by atoms with E-state index < -0.39 is 18.3 Å². The van der Waals surface area contributed by atoms with E-state index in [1.165, 1.54) is 12.1 Å². The van der Waals surface area contributed by atoms with E-state index in [2.05, 4.69) is 10.2 Å². The second kappa shape index (κ2) is 5.03. The number of aliphatic hydroxyl groups excluding tert-OH is 1. The molecule has 1 aliphatic rings. The van der Waals surface area contributed by atoms with E-state index in [-0.39, 0.29) is 17.8 Å². The Hall–Kier alpha value is -2.09. The number of aromatic nitrogens is 3. The number of hydrogen-bond acceptors (Lipinski definition) is 4. The quantitative estimate of drug-likeness (QED) is 0.918. The van der Waals surface area contributed by atoms with Crippen molar-refractivity contribution in [3.63, 3.8) is 0 Å². The lowest BCUT2D eigenvalue weighted by molar-refractivity contribution is -0.137. The minimum atomic E-state index is -4.47. The van der Waals surface area contributed by atoms with Crippen molar-refractivity contribution < 1.29 is 18.3 Å². The minimum Gasteiger partial charge on any atom is -0.392 e. The van der Waals surface area contributed by atoms with Crippen molar-refractivity contribution in [2.45, 2.75) is 25.9 Å². The molecule has 0 spiro atoms. The summed E-state index contributed by atoms with van der Waals surface area (Å²) in [5.74, 6) is 0.639.